The Kier molecular flexibility index (Phi) is 9.27. The van der Waals surface area contributed by atoms with Crippen molar-refractivity contribution in [2.24, 2.45) is 4.99 Å². The lowest BCUT2D eigenvalue weighted by Crippen LogP contribution is -2.45. The molecule has 0 fully saturated rings. The summed E-state index contributed by atoms with van der Waals surface area (Å²) in [7, 11) is 4.01. The van der Waals surface area contributed by atoms with Crippen LogP contribution >= 0.6 is 0 Å². The van der Waals surface area contributed by atoms with E-state index in [-0.39, 0.29) is 0 Å². The van der Waals surface area contributed by atoms with Gasteiger partial charge in [0.05, 0.1) is 6.54 Å². The molecule has 0 spiro atoms. The molecule has 0 aliphatic heterocycles. The Bertz CT molecular complexity index is 516. The molecule has 6 heteroatoms. The number of hydrogen-bond acceptors (Lipinski definition) is 4. The molecule has 25 heavy (non-hydrogen) atoms. The Balaban J connectivity index is 2.69. The molecule has 0 aromatic carbocycles. The van der Waals surface area contributed by atoms with Gasteiger partial charge in [0.2, 0.25) is 0 Å². The fourth-order valence-corrected chi connectivity index (χ4v) is 2.88. The summed E-state index contributed by atoms with van der Waals surface area (Å²) in [4.78, 5) is 13.7. The van der Waals surface area contributed by atoms with Gasteiger partial charge in [-0.1, -0.05) is 6.07 Å². The number of nitrogens with zero attached hydrogens (tertiary/aromatic N) is 4. The van der Waals surface area contributed by atoms with E-state index in [0.29, 0.717) is 18.6 Å². The first-order chi connectivity index (χ1) is 11.9. The molecule has 1 rings (SSSR count). The summed E-state index contributed by atoms with van der Waals surface area (Å²) in [6, 6.07) is 5.12. The summed E-state index contributed by atoms with van der Waals surface area (Å²) in [5.74, 6) is 1.82. The number of aliphatic imine (C=N–C) groups is 1. The van der Waals surface area contributed by atoms with Crippen molar-refractivity contribution in [3.05, 3.63) is 23.9 Å². The van der Waals surface area contributed by atoms with Crippen molar-refractivity contribution in [3.63, 3.8) is 0 Å². The average Bonchev–Trinajstić information content (AvgIpc) is 2.55. The lowest BCUT2D eigenvalue weighted by molar-refractivity contribution is 0.178. The number of rotatable bonds is 9. The zero-order chi connectivity index (χ0) is 18.8. The van der Waals surface area contributed by atoms with Crippen molar-refractivity contribution in [1.29, 1.82) is 0 Å². The van der Waals surface area contributed by atoms with E-state index in [1.807, 2.05) is 31.3 Å². The van der Waals surface area contributed by atoms with Crippen LogP contribution in [0.3, 0.4) is 0 Å². The van der Waals surface area contributed by atoms with E-state index in [1.165, 1.54) is 0 Å². The first-order valence-corrected chi connectivity index (χ1v) is 9.25. The zero-order valence-corrected chi connectivity index (χ0v) is 17.0. The van der Waals surface area contributed by atoms with Crippen molar-refractivity contribution < 1.29 is 0 Å². The minimum atomic E-state index is 0.541. The number of guanidine groups is 1. The second-order valence-corrected chi connectivity index (χ2v) is 6.93. The minimum absolute atomic E-state index is 0.541. The third kappa shape index (κ3) is 7.30. The van der Waals surface area contributed by atoms with Crippen molar-refractivity contribution in [2.45, 2.75) is 53.2 Å². The number of pyridine rings is 1. The van der Waals surface area contributed by atoms with E-state index in [9.17, 15) is 0 Å². The van der Waals surface area contributed by atoms with Crippen LogP contribution in [0, 0.1) is 0 Å². The topological polar surface area (TPSA) is 55.8 Å². The van der Waals surface area contributed by atoms with Crippen molar-refractivity contribution >= 4 is 11.8 Å². The molecule has 0 aliphatic carbocycles. The van der Waals surface area contributed by atoms with Crippen LogP contribution in [0.15, 0.2) is 23.3 Å². The van der Waals surface area contributed by atoms with Gasteiger partial charge in [-0.3, -0.25) is 4.90 Å². The van der Waals surface area contributed by atoms with Gasteiger partial charge in [0.1, 0.15) is 5.82 Å². The molecule has 142 valence electrons. The van der Waals surface area contributed by atoms with E-state index < -0.39 is 0 Å². The molecular weight excluding hydrogens is 312 g/mol. The second-order valence-electron chi connectivity index (χ2n) is 6.93. The number of anilines is 1. The molecule has 1 aromatic heterocycles. The molecule has 0 unspecified atom stereocenters. The van der Waals surface area contributed by atoms with Gasteiger partial charge >= 0.3 is 0 Å². The lowest BCUT2D eigenvalue weighted by atomic mass is 10.2. The van der Waals surface area contributed by atoms with Crippen LogP contribution in [-0.2, 0) is 6.54 Å². The van der Waals surface area contributed by atoms with Crippen molar-refractivity contribution in [2.75, 3.05) is 38.6 Å². The van der Waals surface area contributed by atoms with E-state index in [0.717, 1.165) is 37.0 Å². The molecule has 1 heterocycles. The van der Waals surface area contributed by atoms with Gasteiger partial charge in [-0.05, 0) is 40.7 Å². The SMILES string of the molecule is CCNC(=NCc1cccnc1N(C)C)NCCN(C(C)C)C(C)C. The quantitative estimate of drug-likeness (QED) is 0.530. The Morgan fingerprint density at radius 2 is 1.84 bits per heavy atom. The molecule has 2 N–H and O–H groups in total. The van der Waals surface area contributed by atoms with Gasteiger partial charge in [-0.25, -0.2) is 9.98 Å². The maximum atomic E-state index is 4.72. The highest BCUT2D eigenvalue weighted by atomic mass is 15.2. The monoisotopic (exact) mass is 348 g/mol. The Morgan fingerprint density at radius 1 is 1.16 bits per heavy atom. The predicted molar refractivity (Wildman–Crippen MR) is 108 cm³/mol. The van der Waals surface area contributed by atoms with Gasteiger partial charge in [-0.15, -0.1) is 0 Å². The summed E-state index contributed by atoms with van der Waals surface area (Å²) in [5.41, 5.74) is 1.12. The largest absolute Gasteiger partial charge is 0.362 e. The normalized spacial score (nSPS) is 12.2. The Hall–Kier alpha value is -1.82. The summed E-state index contributed by atoms with van der Waals surface area (Å²) < 4.78 is 0. The van der Waals surface area contributed by atoms with Crippen LogP contribution < -0.4 is 15.5 Å². The number of hydrogen-bond donors (Lipinski definition) is 2. The van der Waals surface area contributed by atoms with Gasteiger partial charge in [-0.2, -0.15) is 0 Å². The molecule has 0 saturated heterocycles. The first-order valence-electron chi connectivity index (χ1n) is 9.25. The van der Waals surface area contributed by atoms with E-state index in [1.54, 1.807) is 0 Å². The van der Waals surface area contributed by atoms with Crippen LogP contribution in [0.1, 0.15) is 40.2 Å². The van der Waals surface area contributed by atoms with Crippen LogP contribution in [-0.4, -0.2) is 61.7 Å². The molecular formula is C19H36N6. The predicted octanol–water partition coefficient (Wildman–Crippen LogP) is 2.32. The second kappa shape index (κ2) is 10.9. The zero-order valence-electron chi connectivity index (χ0n) is 17.0. The molecule has 1 aromatic rings. The van der Waals surface area contributed by atoms with Gasteiger partial charge in [0, 0.05) is 57.6 Å². The molecule has 0 saturated carbocycles. The van der Waals surface area contributed by atoms with Gasteiger partial charge in [0.15, 0.2) is 5.96 Å². The average molecular weight is 349 g/mol. The van der Waals surface area contributed by atoms with Crippen LogP contribution in [0.2, 0.25) is 0 Å². The summed E-state index contributed by atoms with van der Waals surface area (Å²) >= 11 is 0. The van der Waals surface area contributed by atoms with E-state index in [4.69, 9.17) is 4.99 Å². The minimum Gasteiger partial charge on any atom is -0.362 e. The fourth-order valence-electron chi connectivity index (χ4n) is 2.88. The summed E-state index contributed by atoms with van der Waals surface area (Å²) in [5, 5.41) is 6.76. The molecule has 0 aliphatic rings. The summed E-state index contributed by atoms with van der Waals surface area (Å²) in [6.07, 6.45) is 1.82. The highest BCUT2D eigenvalue weighted by Gasteiger charge is 2.12. The lowest BCUT2D eigenvalue weighted by Gasteiger charge is -2.30. The third-order valence-corrected chi connectivity index (χ3v) is 4.03. The number of aromatic nitrogens is 1. The molecule has 0 radical (unpaired) electrons. The molecule has 6 nitrogen and oxygen atoms in total. The Labute approximate surface area is 153 Å². The molecule has 0 atom stereocenters. The van der Waals surface area contributed by atoms with Crippen molar-refractivity contribution in [3.8, 4) is 0 Å². The van der Waals surface area contributed by atoms with E-state index in [2.05, 4.69) is 61.2 Å². The highest BCUT2D eigenvalue weighted by Crippen LogP contribution is 2.15. The van der Waals surface area contributed by atoms with E-state index >= 15 is 0 Å². The smallest absolute Gasteiger partial charge is 0.191 e. The maximum Gasteiger partial charge on any atom is 0.191 e. The first kappa shape index (κ1) is 21.2. The van der Waals surface area contributed by atoms with Crippen LogP contribution in [0.25, 0.3) is 0 Å². The molecule has 0 bridgehead atoms. The van der Waals surface area contributed by atoms with Crippen LogP contribution in [0.4, 0.5) is 5.82 Å². The van der Waals surface area contributed by atoms with Gasteiger partial charge in [0.25, 0.3) is 0 Å². The third-order valence-electron chi connectivity index (χ3n) is 4.03. The summed E-state index contributed by atoms with van der Waals surface area (Å²) in [6.45, 7) is 14.4. The highest BCUT2D eigenvalue weighted by molar-refractivity contribution is 5.79. The maximum absolute atomic E-state index is 4.72. The number of nitrogens with one attached hydrogen (secondary N) is 2. The standard InChI is InChI=1S/C19H36N6/c1-8-20-19(22-12-13-25(15(2)3)16(4)5)23-14-17-10-9-11-21-18(17)24(6)7/h9-11,15-16H,8,12-14H2,1-7H3,(H2,20,22,23). The van der Waals surface area contributed by atoms with Crippen LogP contribution in [0.5, 0.6) is 0 Å². The van der Waals surface area contributed by atoms with Crippen molar-refractivity contribution in [1.82, 2.24) is 20.5 Å². The van der Waals surface area contributed by atoms with Gasteiger partial charge < -0.3 is 15.5 Å². The Morgan fingerprint density at radius 3 is 2.40 bits per heavy atom. The fraction of sp³-hybridized carbons (Fsp3) is 0.684. The molecule has 0 amide bonds.